The number of rotatable bonds is 6. The SMILES string of the molecule is COCc1cc([C@@H]2SCC(=O)Nc3c2c(-c2ccccc2)nn3-c2ccccc2)ccc1OC. The second-order valence-electron chi connectivity index (χ2n) is 7.97. The molecule has 172 valence electrons. The van der Waals surface area contributed by atoms with Crippen LogP contribution in [0.4, 0.5) is 5.82 Å². The van der Waals surface area contributed by atoms with E-state index in [1.54, 1.807) is 26.0 Å². The summed E-state index contributed by atoms with van der Waals surface area (Å²) in [5, 5.41) is 8.04. The number of carbonyl (C=O) groups excluding carboxylic acids is 1. The molecular formula is C27H25N3O3S. The Labute approximate surface area is 202 Å². The number of nitrogens with zero attached hydrogens (tertiary/aromatic N) is 2. The molecule has 1 aliphatic heterocycles. The van der Waals surface area contributed by atoms with Gasteiger partial charge in [-0.1, -0.05) is 54.6 Å². The predicted molar refractivity (Wildman–Crippen MR) is 136 cm³/mol. The average Bonchev–Trinajstić information content (AvgIpc) is 3.15. The maximum Gasteiger partial charge on any atom is 0.235 e. The molecule has 6 nitrogen and oxygen atoms in total. The van der Waals surface area contributed by atoms with Crippen LogP contribution in [0.3, 0.4) is 0 Å². The van der Waals surface area contributed by atoms with Gasteiger partial charge >= 0.3 is 0 Å². The Hall–Kier alpha value is -3.55. The van der Waals surface area contributed by atoms with E-state index in [9.17, 15) is 4.79 Å². The molecular weight excluding hydrogens is 446 g/mol. The van der Waals surface area contributed by atoms with Crippen LogP contribution in [-0.4, -0.2) is 35.7 Å². The summed E-state index contributed by atoms with van der Waals surface area (Å²) in [5.74, 6) is 1.78. The molecule has 0 unspecified atom stereocenters. The van der Waals surface area contributed by atoms with Crippen LogP contribution in [0.2, 0.25) is 0 Å². The highest BCUT2D eigenvalue weighted by Gasteiger charge is 2.32. The monoisotopic (exact) mass is 471 g/mol. The smallest absolute Gasteiger partial charge is 0.235 e. The van der Waals surface area contributed by atoms with Crippen LogP contribution in [0.15, 0.2) is 78.9 Å². The molecule has 1 aromatic heterocycles. The number of aromatic nitrogens is 2. The van der Waals surface area contributed by atoms with E-state index in [0.717, 1.165) is 39.4 Å². The highest BCUT2D eigenvalue weighted by atomic mass is 32.2. The molecule has 1 atom stereocenters. The van der Waals surface area contributed by atoms with Gasteiger partial charge in [0, 0.05) is 23.8 Å². The normalized spacial score (nSPS) is 15.4. The fourth-order valence-electron chi connectivity index (χ4n) is 4.27. The van der Waals surface area contributed by atoms with Gasteiger partial charge in [-0.05, 0) is 29.8 Å². The molecule has 0 saturated carbocycles. The number of methoxy groups -OCH3 is 2. The van der Waals surface area contributed by atoms with Crippen molar-refractivity contribution in [3.05, 3.63) is 95.6 Å². The quantitative estimate of drug-likeness (QED) is 0.404. The first-order chi connectivity index (χ1) is 16.7. The van der Waals surface area contributed by atoms with E-state index in [1.807, 2.05) is 59.3 Å². The number of anilines is 1. The van der Waals surface area contributed by atoms with Gasteiger partial charge in [0.15, 0.2) is 0 Å². The second kappa shape index (κ2) is 9.75. The Bertz CT molecular complexity index is 1310. The van der Waals surface area contributed by atoms with E-state index >= 15 is 0 Å². The first-order valence-electron chi connectivity index (χ1n) is 11.0. The number of fused-ring (bicyclic) bond motifs is 1. The minimum atomic E-state index is -0.108. The van der Waals surface area contributed by atoms with Crippen LogP contribution in [0.25, 0.3) is 16.9 Å². The van der Waals surface area contributed by atoms with E-state index in [2.05, 4.69) is 29.6 Å². The van der Waals surface area contributed by atoms with Crippen molar-refractivity contribution in [1.82, 2.24) is 9.78 Å². The van der Waals surface area contributed by atoms with Gasteiger partial charge in [-0.3, -0.25) is 4.79 Å². The highest BCUT2D eigenvalue weighted by Crippen LogP contribution is 2.47. The van der Waals surface area contributed by atoms with Gasteiger partial charge in [0.1, 0.15) is 11.6 Å². The van der Waals surface area contributed by atoms with Crippen molar-refractivity contribution < 1.29 is 14.3 Å². The van der Waals surface area contributed by atoms with Gasteiger partial charge in [0.2, 0.25) is 5.91 Å². The summed E-state index contributed by atoms with van der Waals surface area (Å²) in [5.41, 5.74) is 5.76. The van der Waals surface area contributed by atoms with Crippen molar-refractivity contribution in [2.45, 2.75) is 11.9 Å². The third-order valence-electron chi connectivity index (χ3n) is 5.78. The molecule has 0 spiro atoms. The van der Waals surface area contributed by atoms with Crippen LogP contribution in [-0.2, 0) is 16.1 Å². The number of amides is 1. The van der Waals surface area contributed by atoms with E-state index in [1.165, 1.54) is 0 Å². The lowest BCUT2D eigenvalue weighted by molar-refractivity contribution is -0.113. The molecule has 0 fully saturated rings. The van der Waals surface area contributed by atoms with Crippen molar-refractivity contribution in [2.24, 2.45) is 0 Å². The summed E-state index contributed by atoms with van der Waals surface area (Å²) in [4.78, 5) is 12.8. The fraction of sp³-hybridized carbons (Fsp3) is 0.185. The second-order valence-corrected chi connectivity index (χ2v) is 9.06. The van der Waals surface area contributed by atoms with Gasteiger partial charge < -0.3 is 14.8 Å². The summed E-state index contributed by atoms with van der Waals surface area (Å²) >= 11 is 1.60. The highest BCUT2D eigenvalue weighted by molar-refractivity contribution is 8.00. The summed E-state index contributed by atoms with van der Waals surface area (Å²) in [7, 11) is 3.33. The van der Waals surface area contributed by atoms with Gasteiger partial charge in [-0.15, -0.1) is 11.8 Å². The maximum atomic E-state index is 12.8. The third-order valence-corrected chi connectivity index (χ3v) is 7.05. The zero-order valence-corrected chi connectivity index (χ0v) is 19.8. The Morgan fingerprint density at radius 2 is 1.76 bits per heavy atom. The molecule has 4 aromatic rings. The lowest BCUT2D eigenvalue weighted by Crippen LogP contribution is -2.15. The zero-order valence-electron chi connectivity index (χ0n) is 19.0. The van der Waals surface area contributed by atoms with Crippen molar-refractivity contribution in [3.8, 4) is 22.7 Å². The number of nitrogens with one attached hydrogen (secondary N) is 1. The molecule has 3 aromatic carbocycles. The Morgan fingerprint density at radius 1 is 1.03 bits per heavy atom. The number of benzene rings is 3. The van der Waals surface area contributed by atoms with Crippen LogP contribution < -0.4 is 10.1 Å². The van der Waals surface area contributed by atoms with Crippen molar-refractivity contribution in [1.29, 1.82) is 0 Å². The standard InChI is InChI=1S/C27H25N3O3S/c1-32-16-20-15-19(13-14-22(20)33-2)26-24-25(18-9-5-3-6-10-18)29-30(21-11-7-4-8-12-21)27(24)28-23(31)17-34-26/h3-15,26H,16-17H2,1-2H3,(H,28,31)/t26-/m0/s1. The average molecular weight is 472 g/mol. The van der Waals surface area contributed by atoms with E-state index < -0.39 is 0 Å². The van der Waals surface area contributed by atoms with Crippen molar-refractivity contribution >= 4 is 23.5 Å². The van der Waals surface area contributed by atoms with Crippen LogP contribution in [0.5, 0.6) is 5.75 Å². The lowest BCUT2D eigenvalue weighted by Gasteiger charge is -2.18. The van der Waals surface area contributed by atoms with Gasteiger partial charge in [0.25, 0.3) is 0 Å². The Morgan fingerprint density at radius 3 is 2.47 bits per heavy atom. The van der Waals surface area contributed by atoms with Crippen LogP contribution >= 0.6 is 11.8 Å². The molecule has 0 saturated heterocycles. The van der Waals surface area contributed by atoms with Gasteiger partial charge in [0.05, 0.1) is 36.1 Å². The number of ether oxygens (including phenoxy) is 2. The lowest BCUT2D eigenvalue weighted by atomic mass is 9.98. The Balaban J connectivity index is 1.75. The van der Waals surface area contributed by atoms with Crippen LogP contribution in [0.1, 0.15) is 21.9 Å². The molecule has 2 heterocycles. The molecule has 0 bridgehead atoms. The van der Waals surface area contributed by atoms with Crippen molar-refractivity contribution in [3.63, 3.8) is 0 Å². The summed E-state index contributed by atoms with van der Waals surface area (Å²) < 4.78 is 12.8. The molecule has 1 N–H and O–H groups in total. The van der Waals surface area contributed by atoms with Crippen LogP contribution in [0, 0.1) is 0 Å². The maximum absolute atomic E-state index is 12.8. The first kappa shape index (κ1) is 22.3. The third kappa shape index (κ3) is 4.20. The largest absolute Gasteiger partial charge is 0.496 e. The molecule has 5 rings (SSSR count). The minimum Gasteiger partial charge on any atom is -0.496 e. The van der Waals surface area contributed by atoms with E-state index in [4.69, 9.17) is 14.6 Å². The van der Waals surface area contributed by atoms with Crippen molar-refractivity contribution in [2.75, 3.05) is 25.3 Å². The number of thioether (sulfide) groups is 1. The number of hydrogen-bond acceptors (Lipinski definition) is 5. The number of carbonyl (C=O) groups is 1. The van der Waals surface area contributed by atoms with Gasteiger partial charge in [-0.2, -0.15) is 5.10 Å². The zero-order chi connectivity index (χ0) is 23.5. The molecule has 1 aliphatic rings. The summed E-state index contributed by atoms with van der Waals surface area (Å²) in [6.45, 7) is 0.438. The van der Waals surface area contributed by atoms with E-state index in [-0.39, 0.29) is 11.2 Å². The molecule has 34 heavy (non-hydrogen) atoms. The number of para-hydroxylation sites is 1. The number of hydrogen-bond donors (Lipinski definition) is 1. The molecule has 0 aliphatic carbocycles. The fourth-order valence-corrected chi connectivity index (χ4v) is 5.39. The minimum absolute atomic E-state index is 0.0453. The topological polar surface area (TPSA) is 65.4 Å². The van der Waals surface area contributed by atoms with E-state index in [0.29, 0.717) is 18.2 Å². The molecule has 7 heteroatoms. The molecule has 0 radical (unpaired) electrons. The molecule has 1 amide bonds. The summed E-state index contributed by atoms with van der Waals surface area (Å²) in [6.07, 6.45) is 0. The first-order valence-corrected chi connectivity index (χ1v) is 12.1. The Kier molecular flexibility index (Phi) is 6.38. The van der Waals surface area contributed by atoms with Gasteiger partial charge in [-0.25, -0.2) is 4.68 Å². The predicted octanol–water partition coefficient (Wildman–Crippen LogP) is 5.47. The summed E-state index contributed by atoms with van der Waals surface area (Å²) in [6, 6.07) is 26.1.